The standard InChI is InChI=1S/C27H37FN3O10P/c1-4-5-7-12-22(33)40-23-20(39-25(27(23,3)28)31-14-13-21(32)29-26(31)34)17-38-42(35,41-19-10-8-6-9-11-19)30-18(2)24-36-15-16-37-24/h6,8-11,13-14,18,20,23-25H,4-5,7,12,15-17H2,1-3H3,(H,30,35)(H,29,32,34)/t18-,20?,23?,25?,27?,42?/m0/s1. The number of H-pyrrole nitrogens is 1. The van der Waals surface area contributed by atoms with Gasteiger partial charge in [0.25, 0.3) is 5.56 Å². The monoisotopic (exact) mass is 613 g/mol. The SMILES string of the molecule is CCCCCC(=O)OC1C(COP(=O)(N[C@@H](C)C2OCCO2)Oc2ccccc2)OC(n2ccc(=O)[nH]c2=O)C1(C)F. The summed E-state index contributed by atoms with van der Waals surface area (Å²) in [7, 11) is -4.20. The van der Waals surface area contributed by atoms with Gasteiger partial charge >= 0.3 is 19.4 Å². The van der Waals surface area contributed by atoms with E-state index in [0.29, 0.717) is 19.6 Å². The van der Waals surface area contributed by atoms with Crippen LogP contribution in [0.15, 0.2) is 52.2 Å². The van der Waals surface area contributed by atoms with Gasteiger partial charge in [-0.1, -0.05) is 38.0 Å². The van der Waals surface area contributed by atoms with Gasteiger partial charge in [0, 0.05) is 18.7 Å². The first kappa shape index (κ1) is 32.1. The summed E-state index contributed by atoms with van der Waals surface area (Å²) in [6.07, 6.45) is -1.87. The molecule has 0 bridgehead atoms. The summed E-state index contributed by atoms with van der Waals surface area (Å²) >= 11 is 0. The Hall–Kier alpha value is -2.87. The molecule has 1 aromatic carbocycles. The van der Waals surface area contributed by atoms with Crippen molar-refractivity contribution in [1.82, 2.24) is 14.6 Å². The number of carbonyl (C=O) groups excluding carboxylic acids is 1. The number of hydrogen-bond acceptors (Lipinski definition) is 10. The number of unbranched alkanes of at least 4 members (excludes halogenated alkanes) is 2. The molecule has 6 atom stereocenters. The lowest BCUT2D eigenvalue weighted by atomic mass is 9.98. The minimum absolute atomic E-state index is 0.0489. The van der Waals surface area contributed by atoms with Crippen molar-refractivity contribution in [2.45, 2.75) is 82.9 Å². The summed E-state index contributed by atoms with van der Waals surface area (Å²) in [4.78, 5) is 38.9. The largest absolute Gasteiger partial charge is 0.459 e. The van der Waals surface area contributed by atoms with Gasteiger partial charge in [0.2, 0.25) is 0 Å². The molecule has 2 aliphatic rings. The average molecular weight is 614 g/mol. The average Bonchev–Trinajstić information content (AvgIpc) is 3.56. The number of halogens is 1. The number of benzene rings is 1. The summed E-state index contributed by atoms with van der Waals surface area (Å²) in [6, 6.07) is 8.67. The van der Waals surface area contributed by atoms with Crippen molar-refractivity contribution >= 4 is 13.7 Å². The van der Waals surface area contributed by atoms with Gasteiger partial charge < -0.3 is 23.5 Å². The van der Waals surface area contributed by atoms with E-state index in [-0.39, 0.29) is 12.2 Å². The molecule has 4 rings (SSSR count). The van der Waals surface area contributed by atoms with Crippen LogP contribution in [0.2, 0.25) is 0 Å². The number of carbonyl (C=O) groups is 1. The Balaban J connectivity index is 1.58. The highest BCUT2D eigenvalue weighted by Gasteiger charge is 2.58. The summed E-state index contributed by atoms with van der Waals surface area (Å²) in [6.45, 7) is 4.94. The zero-order valence-electron chi connectivity index (χ0n) is 23.7. The molecule has 3 heterocycles. The molecule has 0 radical (unpaired) electrons. The fourth-order valence-electron chi connectivity index (χ4n) is 4.72. The van der Waals surface area contributed by atoms with Crippen LogP contribution in [0.4, 0.5) is 4.39 Å². The van der Waals surface area contributed by atoms with Crippen molar-refractivity contribution < 1.29 is 41.7 Å². The fourth-order valence-corrected chi connectivity index (χ4v) is 6.26. The number of hydrogen-bond donors (Lipinski definition) is 2. The van der Waals surface area contributed by atoms with Crippen LogP contribution in [-0.4, -0.2) is 65.5 Å². The van der Waals surface area contributed by atoms with Gasteiger partial charge in [-0.2, -0.15) is 0 Å². The van der Waals surface area contributed by atoms with Crippen LogP contribution >= 0.6 is 7.75 Å². The van der Waals surface area contributed by atoms with Gasteiger partial charge in [-0.05, 0) is 32.4 Å². The third-order valence-electron chi connectivity index (χ3n) is 6.82. The molecule has 2 fully saturated rings. The number of aromatic amines is 1. The van der Waals surface area contributed by atoms with Crippen LogP contribution < -0.4 is 20.9 Å². The normalized spacial score (nSPS) is 26.5. The number of aromatic nitrogens is 2. The van der Waals surface area contributed by atoms with E-state index in [9.17, 15) is 18.9 Å². The Kier molecular flexibility index (Phi) is 10.7. The van der Waals surface area contributed by atoms with Crippen LogP contribution in [0.1, 0.15) is 52.7 Å². The number of alkyl halides is 1. The Morgan fingerprint density at radius 1 is 1.21 bits per heavy atom. The molecule has 0 aliphatic carbocycles. The van der Waals surface area contributed by atoms with E-state index in [0.717, 1.165) is 36.6 Å². The van der Waals surface area contributed by atoms with Crippen LogP contribution in [-0.2, 0) is 32.8 Å². The highest BCUT2D eigenvalue weighted by Crippen LogP contribution is 2.48. The third-order valence-corrected chi connectivity index (χ3v) is 8.49. The first-order valence-corrected chi connectivity index (χ1v) is 15.4. The van der Waals surface area contributed by atoms with E-state index in [1.807, 2.05) is 6.92 Å². The first-order chi connectivity index (χ1) is 20.0. The second-order valence-corrected chi connectivity index (χ2v) is 12.0. The van der Waals surface area contributed by atoms with Crippen molar-refractivity contribution in [3.05, 3.63) is 63.4 Å². The minimum atomic E-state index is -4.20. The van der Waals surface area contributed by atoms with E-state index in [1.165, 1.54) is 0 Å². The predicted octanol–water partition coefficient (Wildman–Crippen LogP) is 3.21. The Morgan fingerprint density at radius 3 is 2.60 bits per heavy atom. The molecule has 232 valence electrons. The van der Waals surface area contributed by atoms with Crippen molar-refractivity contribution in [2.75, 3.05) is 19.8 Å². The number of nitrogens with one attached hydrogen (secondary N) is 2. The van der Waals surface area contributed by atoms with Gasteiger partial charge in [0.15, 0.2) is 24.3 Å². The van der Waals surface area contributed by atoms with E-state index in [1.54, 1.807) is 37.3 Å². The topological polar surface area (TPSA) is 156 Å². The van der Waals surface area contributed by atoms with Crippen LogP contribution in [0.25, 0.3) is 0 Å². The number of nitrogens with zero attached hydrogens (tertiary/aromatic N) is 1. The van der Waals surface area contributed by atoms with Crippen molar-refractivity contribution in [3.63, 3.8) is 0 Å². The number of ether oxygens (including phenoxy) is 4. The van der Waals surface area contributed by atoms with Crippen LogP contribution in [0.3, 0.4) is 0 Å². The fraction of sp³-hybridized carbons (Fsp3) is 0.593. The zero-order chi connectivity index (χ0) is 30.3. The Labute approximate surface area is 242 Å². The lowest BCUT2D eigenvalue weighted by Gasteiger charge is -2.29. The Bertz CT molecular complexity index is 1350. The van der Waals surface area contributed by atoms with Gasteiger partial charge in [-0.15, -0.1) is 0 Å². The van der Waals surface area contributed by atoms with Crippen LogP contribution in [0.5, 0.6) is 5.75 Å². The summed E-state index contributed by atoms with van der Waals surface area (Å²) in [5, 5.41) is 2.79. The second kappa shape index (κ2) is 14.1. The Morgan fingerprint density at radius 2 is 1.93 bits per heavy atom. The predicted molar refractivity (Wildman–Crippen MR) is 148 cm³/mol. The quantitative estimate of drug-likeness (QED) is 0.183. The maximum absolute atomic E-state index is 16.4. The van der Waals surface area contributed by atoms with Crippen molar-refractivity contribution in [1.29, 1.82) is 0 Å². The second-order valence-electron chi connectivity index (χ2n) is 10.3. The smallest absolute Gasteiger partial charge is 0.456 e. The highest BCUT2D eigenvalue weighted by atomic mass is 31.2. The molecule has 0 amide bonds. The maximum atomic E-state index is 16.4. The molecule has 0 spiro atoms. The molecule has 2 aromatic rings. The summed E-state index contributed by atoms with van der Waals surface area (Å²) in [5.41, 5.74) is -4.05. The molecule has 0 saturated carbocycles. The van der Waals surface area contributed by atoms with Gasteiger partial charge in [-0.25, -0.2) is 18.8 Å². The van der Waals surface area contributed by atoms with E-state index >= 15 is 4.39 Å². The molecule has 2 aliphatic heterocycles. The molecule has 15 heteroatoms. The van der Waals surface area contributed by atoms with E-state index < -0.39 is 68.0 Å². The summed E-state index contributed by atoms with van der Waals surface area (Å²) < 4.78 is 65.2. The molecule has 13 nitrogen and oxygen atoms in total. The number of rotatable bonds is 14. The van der Waals surface area contributed by atoms with Gasteiger partial charge in [0.1, 0.15) is 11.9 Å². The lowest BCUT2D eigenvalue weighted by molar-refractivity contribution is -0.158. The van der Waals surface area contributed by atoms with Crippen molar-refractivity contribution in [2.24, 2.45) is 0 Å². The van der Waals surface area contributed by atoms with Gasteiger partial charge in [-0.3, -0.25) is 23.7 Å². The van der Waals surface area contributed by atoms with Crippen molar-refractivity contribution in [3.8, 4) is 5.75 Å². The van der Waals surface area contributed by atoms with E-state index in [4.69, 9.17) is 28.0 Å². The first-order valence-electron chi connectivity index (χ1n) is 13.9. The molecule has 5 unspecified atom stereocenters. The highest BCUT2D eigenvalue weighted by molar-refractivity contribution is 7.52. The number of para-hydroxylation sites is 1. The number of esters is 1. The maximum Gasteiger partial charge on any atom is 0.459 e. The molecule has 2 saturated heterocycles. The molecule has 1 aromatic heterocycles. The minimum Gasteiger partial charge on any atom is -0.456 e. The molecular formula is C27H37FN3O10P. The van der Waals surface area contributed by atoms with Crippen LogP contribution in [0, 0.1) is 0 Å². The zero-order valence-corrected chi connectivity index (χ0v) is 24.6. The molecular weight excluding hydrogens is 576 g/mol. The van der Waals surface area contributed by atoms with Gasteiger partial charge in [0.05, 0.1) is 25.9 Å². The molecule has 42 heavy (non-hydrogen) atoms. The molecule has 2 N–H and O–H groups in total. The summed E-state index contributed by atoms with van der Waals surface area (Å²) in [5.74, 6) is -0.431. The lowest BCUT2D eigenvalue weighted by Crippen LogP contribution is -2.46. The third kappa shape index (κ3) is 7.94. The van der Waals surface area contributed by atoms with E-state index in [2.05, 4.69) is 10.1 Å².